The van der Waals surface area contributed by atoms with Gasteiger partial charge in [0.15, 0.2) is 0 Å². The first kappa shape index (κ1) is 23.5. The van der Waals surface area contributed by atoms with Crippen LogP contribution in [-0.4, -0.2) is 60.2 Å². The molecule has 2 saturated carbocycles. The fourth-order valence-electron chi connectivity index (χ4n) is 5.37. The van der Waals surface area contributed by atoms with Crippen molar-refractivity contribution in [2.24, 2.45) is 23.7 Å². The van der Waals surface area contributed by atoms with E-state index in [9.17, 15) is 10.2 Å². The van der Waals surface area contributed by atoms with Crippen molar-refractivity contribution in [2.75, 3.05) is 32.8 Å². The summed E-state index contributed by atoms with van der Waals surface area (Å²) in [5, 5.41) is 20.9. The van der Waals surface area contributed by atoms with Gasteiger partial charge in [-0.05, 0) is 69.7 Å². The quantitative estimate of drug-likeness (QED) is 0.342. The minimum Gasteiger partial charge on any atom is -0.392 e. The highest BCUT2D eigenvalue weighted by molar-refractivity contribution is 5.18. The molecule has 0 aromatic rings. The van der Waals surface area contributed by atoms with Crippen molar-refractivity contribution >= 4 is 0 Å². The highest BCUT2D eigenvalue weighted by atomic mass is 16.5. The topological polar surface area (TPSA) is 52.9 Å². The van der Waals surface area contributed by atoms with Crippen molar-refractivity contribution in [2.45, 2.75) is 71.0 Å². The number of allylic oxidation sites excluding steroid dienone is 2. The normalized spacial score (nSPS) is 32.9. The lowest BCUT2D eigenvalue weighted by molar-refractivity contribution is 0.0372. The molecule has 168 valence electrons. The predicted octanol–water partition coefficient (Wildman–Crippen LogP) is 3.79. The summed E-state index contributed by atoms with van der Waals surface area (Å²) in [7, 11) is 0. The van der Waals surface area contributed by atoms with Crippen molar-refractivity contribution in [1.29, 1.82) is 0 Å². The summed E-state index contributed by atoms with van der Waals surface area (Å²) >= 11 is 0. The third-order valence-electron chi connectivity index (χ3n) is 7.29. The van der Waals surface area contributed by atoms with Gasteiger partial charge in [-0.3, -0.25) is 4.90 Å². The predicted molar refractivity (Wildman–Crippen MR) is 122 cm³/mol. The Kier molecular flexibility index (Phi) is 9.46. The number of aliphatic hydroxyl groups excluding tert-OH is 2. The number of hydrogen-bond donors (Lipinski definition) is 2. The maximum absolute atomic E-state index is 10.6. The van der Waals surface area contributed by atoms with E-state index in [2.05, 4.69) is 28.9 Å². The number of fused-ring (bicyclic) bond motifs is 1. The Morgan fingerprint density at radius 3 is 2.80 bits per heavy atom. The Morgan fingerprint density at radius 1 is 1.23 bits per heavy atom. The molecule has 0 aromatic carbocycles. The van der Waals surface area contributed by atoms with E-state index in [-0.39, 0.29) is 17.9 Å². The standard InChI is InChI=1S/C26H41NO3/c1-3-4-8-20(2)25(28)11-10-23-24-18-21(17-22(24)19-26(23)29)9-6-5-7-12-27-13-15-30-16-14-27/h9-11,20,22-26,28-29H,5-8,12-19H2,1-2H3/b11-10+,21-9+/t20-,22-,23+,24-,25+,26+/m0/s1. The fraction of sp³-hybridized carbons (Fsp3) is 0.769. The summed E-state index contributed by atoms with van der Waals surface area (Å²) in [4.78, 5) is 2.51. The van der Waals surface area contributed by atoms with Crippen LogP contribution in [-0.2, 0) is 4.74 Å². The van der Waals surface area contributed by atoms with E-state index < -0.39 is 6.10 Å². The van der Waals surface area contributed by atoms with Gasteiger partial charge in [0.05, 0.1) is 25.4 Å². The molecule has 2 aliphatic carbocycles. The summed E-state index contributed by atoms with van der Waals surface area (Å²) in [6, 6.07) is 0. The fourth-order valence-corrected chi connectivity index (χ4v) is 5.37. The zero-order valence-corrected chi connectivity index (χ0v) is 18.9. The second kappa shape index (κ2) is 12.1. The molecular weight excluding hydrogens is 374 g/mol. The lowest BCUT2D eigenvalue weighted by atomic mass is 9.89. The average Bonchev–Trinajstić information content (AvgIpc) is 3.27. The minimum atomic E-state index is -0.486. The summed E-state index contributed by atoms with van der Waals surface area (Å²) < 4.78 is 5.41. The van der Waals surface area contributed by atoms with E-state index in [1.165, 1.54) is 25.8 Å². The number of ether oxygens (including phenoxy) is 1. The van der Waals surface area contributed by atoms with Crippen molar-refractivity contribution in [3.8, 4) is 11.8 Å². The number of rotatable bonds is 9. The zero-order valence-electron chi connectivity index (χ0n) is 18.9. The van der Waals surface area contributed by atoms with Crippen molar-refractivity contribution in [3.63, 3.8) is 0 Å². The molecule has 0 radical (unpaired) electrons. The Labute approximate surface area is 183 Å². The molecule has 3 rings (SSSR count). The van der Waals surface area contributed by atoms with E-state index in [4.69, 9.17) is 4.74 Å². The van der Waals surface area contributed by atoms with Crippen LogP contribution in [0.15, 0.2) is 23.8 Å². The second-order valence-electron chi connectivity index (χ2n) is 9.51. The smallest absolute Gasteiger partial charge is 0.0755 e. The highest BCUT2D eigenvalue weighted by Gasteiger charge is 2.44. The Hall–Kier alpha value is -1.12. The van der Waals surface area contributed by atoms with Gasteiger partial charge in [0, 0.05) is 25.4 Å². The van der Waals surface area contributed by atoms with Gasteiger partial charge in [-0.1, -0.05) is 30.7 Å². The van der Waals surface area contributed by atoms with E-state index in [0.717, 1.165) is 45.6 Å². The Bertz CT molecular complexity index is 640. The van der Waals surface area contributed by atoms with Crippen LogP contribution in [0.3, 0.4) is 0 Å². The van der Waals surface area contributed by atoms with Crippen molar-refractivity contribution in [3.05, 3.63) is 23.8 Å². The zero-order chi connectivity index (χ0) is 21.3. The third-order valence-corrected chi connectivity index (χ3v) is 7.29. The SMILES string of the molecule is CC#CC[C@H](C)[C@H](O)/C=C/[C@@H]1[C@H]2C/C(=C/CCCCN3CCOCC3)C[C@H]2C[C@H]1O. The molecule has 0 amide bonds. The molecule has 0 spiro atoms. The van der Waals surface area contributed by atoms with E-state index in [1.54, 1.807) is 5.57 Å². The van der Waals surface area contributed by atoms with Crippen molar-refractivity contribution in [1.82, 2.24) is 4.90 Å². The monoisotopic (exact) mass is 415 g/mol. The van der Waals surface area contributed by atoms with Gasteiger partial charge in [0.1, 0.15) is 0 Å². The Balaban J connectivity index is 1.42. The number of hydrogen-bond acceptors (Lipinski definition) is 4. The average molecular weight is 416 g/mol. The lowest BCUT2D eigenvalue weighted by Gasteiger charge is -2.26. The number of aliphatic hydroxyl groups is 2. The molecule has 0 unspecified atom stereocenters. The molecule has 1 saturated heterocycles. The van der Waals surface area contributed by atoms with Crippen LogP contribution < -0.4 is 0 Å². The van der Waals surface area contributed by atoms with Gasteiger partial charge in [0.2, 0.25) is 0 Å². The second-order valence-corrected chi connectivity index (χ2v) is 9.51. The minimum absolute atomic E-state index is 0.125. The molecule has 2 N–H and O–H groups in total. The van der Waals surface area contributed by atoms with Crippen LogP contribution in [0, 0.1) is 35.5 Å². The van der Waals surface area contributed by atoms with Crippen LogP contribution in [0.5, 0.6) is 0 Å². The maximum Gasteiger partial charge on any atom is 0.0755 e. The molecule has 30 heavy (non-hydrogen) atoms. The van der Waals surface area contributed by atoms with Gasteiger partial charge in [-0.15, -0.1) is 11.8 Å². The van der Waals surface area contributed by atoms with Gasteiger partial charge in [-0.2, -0.15) is 0 Å². The number of nitrogens with zero attached hydrogens (tertiary/aromatic N) is 1. The molecule has 3 aliphatic rings. The number of unbranched alkanes of at least 4 members (excludes halogenated alkanes) is 2. The van der Waals surface area contributed by atoms with Gasteiger partial charge >= 0.3 is 0 Å². The molecule has 4 nitrogen and oxygen atoms in total. The molecule has 6 atom stereocenters. The van der Waals surface area contributed by atoms with Gasteiger partial charge < -0.3 is 14.9 Å². The van der Waals surface area contributed by atoms with Crippen LogP contribution in [0.2, 0.25) is 0 Å². The molecule has 0 aromatic heterocycles. The van der Waals surface area contributed by atoms with Crippen LogP contribution >= 0.6 is 0 Å². The molecule has 4 heteroatoms. The first-order valence-electron chi connectivity index (χ1n) is 12.0. The third kappa shape index (κ3) is 6.69. The summed E-state index contributed by atoms with van der Waals surface area (Å²) in [5.41, 5.74) is 1.59. The molecule has 3 fully saturated rings. The van der Waals surface area contributed by atoms with E-state index >= 15 is 0 Å². The van der Waals surface area contributed by atoms with E-state index in [0.29, 0.717) is 18.3 Å². The van der Waals surface area contributed by atoms with Crippen LogP contribution in [0.1, 0.15) is 58.8 Å². The largest absolute Gasteiger partial charge is 0.392 e. The van der Waals surface area contributed by atoms with Gasteiger partial charge in [0.25, 0.3) is 0 Å². The molecule has 0 bridgehead atoms. The Morgan fingerprint density at radius 2 is 2.03 bits per heavy atom. The summed E-state index contributed by atoms with van der Waals surface area (Å²) in [6.45, 7) is 9.00. The van der Waals surface area contributed by atoms with Crippen LogP contribution in [0.25, 0.3) is 0 Å². The molecule has 1 heterocycles. The van der Waals surface area contributed by atoms with E-state index in [1.807, 2.05) is 19.9 Å². The van der Waals surface area contributed by atoms with Gasteiger partial charge in [-0.25, -0.2) is 0 Å². The molecule has 1 aliphatic heterocycles. The summed E-state index contributed by atoms with van der Waals surface area (Å²) in [6.07, 6.45) is 13.3. The number of morpholine rings is 1. The first-order chi connectivity index (χ1) is 14.6. The summed E-state index contributed by atoms with van der Waals surface area (Å²) in [5.74, 6) is 7.39. The maximum atomic E-state index is 10.6. The first-order valence-corrected chi connectivity index (χ1v) is 12.0. The highest BCUT2D eigenvalue weighted by Crippen LogP contribution is 2.50. The molecular formula is C26H41NO3. The van der Waals surface area contributed by atoms with Crippen molar-refractivity contribution < 1.29 is 14.9 Å². The lowest BCUT2D eigenvalue weighted by Crippen LogP contribution is -2.36. The van der Waals surface area contributed by atoms with Crippen LogP contribution in [0.4, 0.5) is 0 Å².